The van der Waals surface area contributed by atoms with Crippen molar-refractivity contribution in [3.05, 3.63) is 131 Å². The molecule has 18 heteroatoms. The normalized spacial score (nSPS) is 17.8. The van der Waals surface area contributed by atoms with Gasteiger partial charge in [0.25, 0.3) is 0 Å². The minimum absolute atomic E-state index is 0.131. The molecule has 336 valence electrons. The lowest BCUT2D eigenvalue weighted by Crippen LogP contribution is -2.48. The first-order valence-corrected chi connectivity index (χ1v) is 19.7. The van der Waals surface area contributed by atoms with Crippen LogP contribution in [0.5, 0.6) is 0 Å². The summed E-state index contributed by atoms with van der Waals surface area (Å²) in [7, 11) is 0. The number of aryl methyl sites for hydroxylation is 2. The van der Waals surface area contributed by atoms with E-state index < -0.39 is 59.8 Å². The van der Waals surface area contributed by atoms with Gasteiger partial charge in [-0.3, -0.25) is 9.48 Å². The number of carbonyl (C=O) groups excluding carboxylic acids is 1. The fourth-order valence-electron chi connectivity index (χ4n) is 8.33. The highest BCUT2D eigenvalue weighted by molar-refractivity contribution is 5.94. The highest BCUT2D eigenvalue weighted by Crippen LogP contribution is 2.59. The minimum atomic E-state index is -4.99. The van der Waals surface area contributed by atoms with Gasteiger partial charge in [0.15, 0.2) is 0 Å². The SMILES string of the molecule is Cc1cc(-c2cnn(C(CO)(CO)C(=O)O)c2)c2c(c1)C(O)(C(F)(F)F)c1ccccc1-2.Cc1cc(-c2cnn(CC(=O)OC(C)(C)C)c2)c2c(c1)C(O)(C(F)(F)F)c1ccccc1-2. The lowest BCUT2D eigenvalue weighted by atomic mass is 9.88. The number of ether oxygens (including phenoxy) is 1. The minimum Gasteiger partial charge on any atom is -0.479 e. The molecule has 0 aliphatic heterocycles. The van der Waals surface area contributed by atoms with Gasteiger partial charge in [0, 0.05) is 45.8 Å². The van der Waals surface area contributed by atoms with Crippen LogP contribution in [0.3, 0.4) is 0 Å². The summed E-state index contributed by atoms with van der Waals surface area (Å²) in [6, 6.07) is 17.7. The van der Waals surface area contributed by atoms with E-state index in [0.29, 0.717) is 38.9 Å². The number of carboxylic acids is 1. The summed E-state index contributed by atoms with van der Waals surface area (Å²) in [5, 5.41) is 58.7. The number of carbonyl (C=O) groups is 2. The lowest BCUT2D eigenvalue weighted by molar-refractivity contribution is -0.247. The Morgan fingerprint density at radius 1 is 0.656 bits per heavy atom. The van der Waals surface area contributed by atoms with Crippen molar-refractivity contribution in [2.45, 2.75) is 75.9 Å². The molecule has 64 heavy (non-hydrogen) atoms. The van der Waals surface area contributed by atoms with Crippen molar-refractivity contribution in [2.75, 3.05) is 13.2 Å². The van der Waals surface area contributed by atoms with Gasteiger partial charge in [-0.15, -0.1) is 0 Å². The molecule has 12 nitrogen and oxygen atoms in total. The number of hydrogen-bond donors (Lipinski definition) is 5. The highest BCUT2D eigenvalue weighted by atomic mass is 19.4. The zero-order valence-corrected chi connectivity index (χ0v) is 34.9. The van der Waals surface area contributed by atoms with Gasteiger partial charge in [0.1, 0.15) is 12.1 Å². The Bertz CT molecular complexity index is 2800. The number of hydrogen-bond acceptors (Lipinski definition) is 9. The Morgan fingerprint density at radius 2 is 1.09 bits per heavy atom. The third kappa shape index (κ3) is 7.33. The molecule has 0 spiro atoms. The third-order valence-corrected chi connectivity index (χ3v) is 11.2. The monoisotopic (exact) mass is 892 g/mol. The number of aliphatic hydroxyl groups excluding tert-OH is 2. The highest BCUT2D eigenvalue weighted by Gasteiger charge is 2.62. The number of benzene rings is 4. The molecule has 2 unspecified atom stereocenters. The Kier molecular flexibility index (Phi) is 11.2. The van der Waals surface area contributed by atoms with Crippen molar-refractivity contribution in [2.24, 2.45) is 0 Å². The molecule has 0 saturated heterocycles. The van der Waals surface area contributed by atoms with Crippen LogP contribution in [0.25, 0.3) is 44.5 Å². The number of halogens is 6. The molecule has 2 heterocycles. The summed E-state index contributed by atoms with van der Waals surface area (Å²) in [5.41, 5.74) is -6.56. The molecule has 6 aromatic rings. The predicted molar refractivity (Wildman–Crippen MR) is 219 cm³/mol. The molecule has 0 fully saturated rings. The molecule has 2 aliphatic carbocycles. The van der Waals surface area contributed by atoms with Crippen LogP contribution in [-0.4, -0.2) is 88.2 Å². The van der Waals surface area contributed by atoms with E-state index in [0.717, 1.165) is 4.68 Å². The number of esters is 1. The smallest absolute Gasteiger partial charge is 0.425 e. The molecule has 0 radical (unpaired) electrons. The zero-order chi connectivity index (χ0) is 46.9. The maximum absolute atomic E-state index is 14.1. The molecule has 0 amide bonds. The topological polar surface area (TPSA) is 180 Å². The van der Waals surface area contributed by atoms with E-state index in [9.17, 15) is 61.5 Å². The first-order valence-electron chi connectivity index (χ1n) is 19.7. The van der Waals surface area contributed by atoms with Gasteiger partial charge in [-0.05, 0) is 68.0 Å². The van der Waals surface area contributed by atoms with E-state index >= 15 is 0 Å². The van der Waals surface area contributed by atoms with Crippen molar-refractivity contribution < 1.29 is 66.2 Å². The first kappa shape index (κ1) is 45.7. The van der Waals surface area contributed by atoms with Crippen LogP contribution < -0.4 is 0 Å². The van der Waals surface area contributed by atoms with Gasteiger partial charge in [-0.1, -0.05) is 83.9 Å². The molecule has 8 rings (SSSR count). The average Bonchev–Trinajstić information content (AvgIpc) is 3.99. The molecule has 2 atom stereocenters. The van der Waals surface area contributed by atoms with E-state index in [-0.39, 0.29) is 45.5 Å². The summed E-state index contributed by atoms with van der Waals surface area (Å²) in [6.45, 7) is 6.49. The number of fused-ring (bicyclic) bond motifs is 6. The van der Waals surface area contributed by atoms with Crippen molar-refractivity contribution in [1.82, 2.24) is 19.6 Å². The summed E-state index contributed by atoms with van der Waals surface area (Å²) in [4.78, 5) is 23.8. The van der Waals surface area contributed by atoms with Crippen LogP contribution in [0.1, 0.15) is 54.2 Å². The number of alkyl halides is 6. The number of carboxylic acid groups (broad SMARTS) is 1. The Balaban J connectivity index is 0.000000191. The lowest BCUT2D eigenvalue weighted by Gasteiger charge is -2.28. The second-order valence-electron chi connectivity index (χ2n) is 16.8. The molecule has 2 aromatic heterocycles. The van der Waals surface area contributed by atoms with Crippen LogP contribution in [0.2, 0.25) is 0 Å². The second kappa shape index (κ2) is 15.7. The van der Waals surface area contributed by atoms with E-state index in [4.69, 9.17) is 4.74 Å². The average molecular weight is 893 g/mol. The van der Waals surface area contributed by atoms with E-state index in [1.807, 2.05) is 0 Å². The van der Waals surface area contributed by atoms with Gasteiger partial charge in [0.2, 0.25) is 16.7 Å². The summed E-state index contributed by atoms with van der Waals surface area (Å²) >= 11 is 0. The second-order valence-corrected chi connectivity index (χ2v) is 16.8. The molecule has 4 aromatic carbocycles. The van der Waals surface area contributed by atoms with Crippen LogP contribution in [0.4, 0.5) is 26.3 Å². The van der Waals surface area contributed by atoms with E-state index in [1.165, 1.54) is 65.7 Å². The van der Waals surface area contributed by atoms with Gasteiger partial charge in [0.05, 0.1) is 25.6 Å². The molecule has 2 aliphatic rings. The largest absolute Gasteiger partial charge is 0.479 e. The van der Waals surface area contributed by atoms with Crippen molar-refractivity contribution in [3.8, 4) is 44.5 Å². The molecule has 5 N–H and O–H groups in total. The van der Waals surface area contributed by atoms with Crippen molar-refractivity contribution >= 4 is 11.9 Å². The van der Waals surface area contributed by atoms with Crippen molar-refractivity contribution in [3.63, 3.8) is 0 Å². The number of aliphatic hydroxyl groups is 4. The molecule has 0 saturated carbocycles. The van der Waals surface area contributed by atoms with E-state index in [2.05, 4.69) is 10.2 Å². The first-order chi connectivity index (χ1) is 29.8. The molecular weight excluding hydrogens is 851 g/mol. The van der Waals surface area contributed by atoms with Crippen LogP contribution in [0.15, 0.2) is 97.6 Å². The zero-order valence-electron chi connectivity index (χ0n) is 34.9. The third-order valence-electron chi connectivity index (χ3n) is 11.2. The standard InChI is InChI=1S/C24H23F3N2O3.C22H19F3N2O5/c1-14-9-17(15-11-28-29(12-15)13-20(30)32-22(2,3)4)21-16-7-5-6-8-18(16)23(31,19(21)10-14)24(25,26)27;1-12-6-15(13-8-26-27(9-13)20(10-28,11-29)19(30)31)18-14-4-2-3-5-16(14)21(32,17(18)7-12)22(23,24)25/h5-12,31H,13H2,1-4H3;2-9,28-29,32H,10-11H2,1H3,(H,30,31). The number of aromatic nitrogens is 4. The van der Waals surface area contributed by atoms with Gasteiger partial charge < -0.3 is 30.3 Å². The van der Waals surface area contributed by atoms with E-state index in [1.54, 1.807) is 71.1 Å². The maximum atomic E-state index is 14.1. The van der Waals surface area contributed by atoms with Crippen LogP contribution >= 0.6 is 0 Å². The summed E-state index contributed by atoms with van der Waals surface area (Å²) in [5.74, 6) is -2.00. The predicted octanol–water partition coefficient (Wildman–Crippen LogP) is 7.38. The Morgan fingerprint density at radius 3 is 1.52 bits per heavy atom. The fourth-order valence-corrected chi connectivity index (χ4v) is 8.33. The number of nitrogens with zero attached hydrogens (tertiary/aromatic N) is 4. The maximum Gasteiger partial charge on any atom is 0.425 e. The van der Waals surface area contributed by atoms with Crippen molar-refractivity contribution in [1.29, 1.82) is 0 Å². The number of rotatable bonds is 8. The summed E-state index contributed by atoms with van der Waals surface area (Å²) in [6.07, 6.45) is -4.33. The quantitative estimate of drug-likeness (QED) is 0.0765. The molecular formula is C46H42F6N4O8. The van der Waals surface area contributed by atoms with Crippen LogP contribution in [-0.2, 0) is 37.6 Å². The Hall–Kier alpha value is -6.34. The van der Waals surface area contributed by atoms with Crippen LogP contribution in [0, 0.1) is 13.8 Å². The number of aliphatic carboxylic acids is 1. The fraction of sp³-hybridized carbons (Fsp3) is 0.304. The van der Waals surface area contributed by atoms with Gasteiger partial charge >= 0.3 is 24.3 Å². The van der Waals surface area contributed by atoms with Gasteiger partial charge in [-0.25, -0.2) is 9.48 Å². The molecule has 0 bridgehead atoms. The van der Waals surface area contributed by atoms with Gasteiger partial charge in [-0.2, -0.15) is 36.5 Å². The summed E-state index contributed by atoms with van der Waals surface area (Å²) < 4.78 is 92.3. The Labute approximate surface area is 361 Å².